The summed E-state index contributed by atoms with van der Waals surface area (Å²) < 4.78 is 0. The monoisotopic (exact) mass is 340 g/mol. The second kappa shape index (κ2) is 15.5. The number of nitrogens with zero attached hydrogens (tertiary/aromatic N) is 2. The molecule has 4 nitrogen and oxygen atoms in total. The van der Waals surface area contributed by atoms with E-state index in [1.54, 1.807) is 13.1 Å². The molecule has 0 rings (SSSR count). The van der Waals surface area contributed by atoms with Crippen LogP contribution in [0.1, 0.15) is 78.1 Å². The van der Waals surface area contributed by atoms with E-state index < -0.39 is 5.97 Å². The predicted octanol–water partition coefficient (Wildman–Crippen LogP) is 4.76. The van der Waals surface area contributed by atoms with Gasteiger partial charge in [-0.2, -0.15) is 0 Å². The van der Waals surface area contributed by atoms with E-state index >= 15 is 0 Å². The van der Waals surface area contributed by atoms with Gasteiger partial charge in [0.2, 0.25) is 0 Å². The van der Waals surface area contributed by atoms with Gasteiger partial charge in [-0.1, -0.05) is 64.7 Å². The Morgan fingerprint density at radius 1 is 0.833 bits per heavy atom. The molecule has 0 heterocycles. The molecule has 0 aliphatic rings. The van der Waals surface area contributed by atoms with Crippen LogP contribution >= 0.6 is 0 Å². The molecule has 0 saturated heterocycles. The first-order valence-corrected chi connectivity index (χ1v) is 9.77. The molecule has 4 heteroatoms. The molecule has 0 radical (unpaired) electrons. The van der Waals surface area contributed by atoms with E-state index in [0.717, 1.165) is 26.1 Å². The van der Waals surface area contributed by atoms with Gasteiger partial charge in [0.1, 0.15) is 0 Å². The van der Waals surface area contributed by atoms with Crippen molar-refractivity contribution in [1.82, 2.24) is 9.80 Å². The van der Waals surface area contributed by atoms with Gasteiger partial charge in [-0.3, -0.25) is 0 Å². The maximum atomic E-state index is 11.0. The van der Waals surface area contributed by atoms with Crippen LogP contribution < -0.4 is 0 Å². The van der Waals surface area contributed by atoms with E-state index in [4.69, 9.17) is 5.11 Å². The molecule has 0 aromatic heterocycles. The maximum absolute atomic E-state index is 11.0. The van der Waals surface area contributed by atoms with Crippen molar-refractivity contribution in [1.29, 1.82) is 0 Å². The fraction of sp³-hybridized carbons (Fsp3) is 0.850. The minimum atomic E-state index is -0.826. The highest BCUT2D eigenvalue weighted by atomic mass is 16.4. The number of hydrogen-bond acceptors (Lipinski definition) is 3. The highest BCUT2D eigenvalue weighted by Crippen LogP contribution is 2.11. The molecule has 0 atom stereocenters. The Labute approximate surface area is 149 Å². The van der Waals surface area contributed by atoms with Crippen LogP contribution in [0.25, 0.3) is 0 Å². The molecule has 142 valence electrons. The van der Waals surface area contributed by atoms with Crippen molar-refractivity contribution in [2.24, 2.45) is 0 Å². The fourth-order valence-electron chi connectivity index (χ4n) is 2.70. The average molecular weight is 341 g/mol. The van der Waals surface area contributed by atoms with E-state index in [-0.39, 0.29) is 0 Å². The van der Waals surface area contributed by atoms with Gasteiger partial charge in [0.05, 0.1) is 0 Å². The Hall–Kier alpha value is -1.03. The van der Waals surface area contributed by atoms with E-state index in [1.807, 2.05) is 14.1 Å². The lowest BCUT2D eigenvalue weighted by Crippen LogP contribution is -2.29. The van der Waals surface area contributed by atoms with E-state index in [1.165, 1.54) is 57.8 Å². The molecule has 0 aromatic carbocycles. The van der Waals surface area contributed by atoms with Crippen LogP contribution in [0.3, 0.4) is 0 Å². The van der Waals surface area contributed by atoms with Crippen molar-refractivity contribution < 1.29 is 9.90 Å². The third kappa shape index (κ3) is 14.6. The minimum Gasteiger partial charge on any atom is -0.478 e. The second-order valence-corrected chi connectivity index (χ2v) is 7.14. The summed E-state index contributed by atoms with van der Waals surface area (Å²) in [4.78, 5) is 15.3. The van der Waals surface area contributed by atoms with Crippen LogP contribution in [0.4, 0.5) is 0 Å². The zero-order chi connectivity index (χ0) is 18.2. The molecular formula is C20H40N2O2. The second-order valence-electron chi connectivity index (χ2n) is 7.14. The summed E-state index contributed by atoms with van der Waals surface area (Å²) in [7, 11) is 4.10. The van der Waals surface area contributed by atoms with Crippen LogP contribution in [0, 0.1) is 0 Å². The van der Waals surface area contributed by atoms with Crippen LogP contribution in [-0.4, -0.2) is 54.6 Å². The molecule has 24 heavy (non-hydrogen) atoms. The van der Waals surface area contributed by atoms with Crippen molar-refractivity contribution in [3.63, 3.8) is 0 Å². The SMILES string of the molecule is CCCCCCCCCCCCN(C=C(C)C(=O)O)CCN(C)C. The number of aliphatic carboxylic acids is 1. The van der Waals surface area contributed by atoms with Gasteiger partial charge in [-0.05, 0) is 27.4 Å². The van der Waals surface area contributed by atoms with Gasteiger partial charge >= 0.3 is 5.97 Å². The quantitative estimate of drug-likeness (QED) is 0.325. The van der Waals surface area contributed by atoms with Crippen LogP contribution in [0.15, 0.2) is 11.8 Å². The molecule has 1 N–H and O–H groups in total. The number of unbranched alkanes of at least 4 members (excludes halogenated alkanes) is 9. The summed E-state index contributed by atoms with van der Waals surface area (Å²) in [5.74, 6) is -0.826. The molecule has 0 amide bonds. The third-order valence-corrected chi connectivity index (χ3v) is 4.35. The summed E-state index contributed by atoms with van der Waals surface area (Å²) in [6.07, 6.45) is 15.1. The summed E-state index contributed by atoms with van der Waals surface area (Å²) in [5.41, 5.74) is 0.417. The lowest BCUT2D eigenvalue weighted by atomic mass is 10.1. The Balaban J connectivity index is 3.85. The highest BCUT2D eigenvalue weighted by molar-refractivity contribution is 5.85. The average Bonchev–Trinajstić information content (AvgIpc) is 2.53. The Kier molecular flexibility index (Phi) is 14.8. The third-order valence-electron chi connectivity index (χ3n) is 4.35. The summed E-state index contributed by atoms with van der Waals surface area (Å²) in [6.45, 7) is 6.71. The fourth-order valence-corrected chi connectivity index (χ4v) is 2.70. The summed E-state index contributed by atoms with van der Waals surface area (Å²) >= 11 is 0. The van der Waals surface area contributed by atoms with Crippen LogP contribution in [-0.2, 0) is 4.79 Å². The van der Waals surface area contributed by atoms with Gasteiger partial charge in [-0.15, -0.1) is 0 Å². The van der Waals surface area contributed by atoms with Gasteiger partial charge < -0.3 is 14.9 Å². The van der Waals surface area contributed by atoms with Crippen LogP contribution in [0.2, 0.25) is 0 Å². The van der Waals surface area contributed by atoms with E-state index in [9.17, 15) is 4.79 Å². The lowest BCUT2D eigenvalue weighted by molar-refractivity contribution is -0.132. The Morgan fingerprint density at radius 3 is 1.79 bits per heavy atom. The molecule has 0 fully saturated rings. The smallest absolute Gasteiger partial charge is 0.332 e. The number of hydrogen-bond donors (Lipinski definition) is 1. The number of likely N-dealkylation sites (N-methyl/N-ethyl adjacent to an activating group) is 1. The number of rotatable bonds is 16. The van der Waals surface area contributed by atoms with Crippen molar-refractivity contribution in [2.75, 3.05) is 33.7 Å². The molecule has 0 spiro atoms. The predicted molar refractivity (Wildman–Crippen MR) is 103 cm³/mol. The topological polar surface area (TPSA) is 43.8 Å². The summed E-state index contributed by atoms with van der Waals surface area (Å²) in [6, 6.07) is 0. The van der Waals surface area contributed by atoms with Crippen molar-refractivity contribution >= 4 is 5.97 Å². The zero-order valence-electron chi connectivity index (χ0n) is 16.5. The first-order chi connectivity index (χ1) is 11.5. The normalized spacial score (nSPS) is 12.0. The van der Waals surface area contributed by atoms with Gasteiger partial charge in [0, 0.05) is 31.4 Å². The number of carbonyl (C=O) groups is 1. The van der Waals surface area contributed by atoms with E-state index in [2.05, 4.69) is 16.7 Å². The summed E-state index contributed by atoms with van der Waals surface area (Å²) in [5, 5.41) is 9.05. The molecular weight excluding hydrogens is 300 g/mol. The number of carboxylic acids is 1. The standard InChI is InChI=1S/C20H40N2O2/c1-5-6-7-8-9-10-11-12-13-14-15-22(17-16-21(3)4)18-19(2)20(23)24/h18H,5-17H2,1-4H3,(H,23,24). The first-order valence-electron chi connectivity index (χ1n) is 9.77. The van der Waals surface area contributed by atoms with Crippen molar-refractivity contribution in [3.05, 3.63) is 11.8 Å². The van der Waals surface area contributed by atoms with E-state index in [0.29, 0.717) is 5.57 Å². The first kappa shape index (κ1) is 23.0. The Bertz CT molecular complexity index is 341. The molecule has 0 aliphatic heterocycles. The molecule has 0 aromatic rings. The zero-order valence-corrected chi connectivity index (χ0v) is 16.5. The Morgan fingerprint density at radius 2 is 1.33 bits per heavy atom. The maximum Gasteiger partial charge on any atom is 0.332 e. The number of carboxylic acid groups (broad SMARTS) is 1. The van der Waals surface area contributed by atoms with Crippen molar-refractivity contribution in [2.45, 2.75) is 78.1 Å². The minimum absolute atomic E-state index is 0.417. The highest BCUT2D eigenvalue weighted by Gasteiger charge is 2.06. The largest absolute Gasteiger partial charge is 0.478 e. The van der Waals surface area contributed by atoms with Gasteiger partial charge in [0.25, 0.3) is 0 Å². The van der Waals surface area contributed by atoms with Gasteiger partial charge in [-0.25, -0.2) is 4.79 Å². The molecule has 0 saturated carbocycles. The molecule has 0 aliphatic carbocycles. The van der Waals surface area contributed by atoms with Crippen LogP contribution in [0.5, 0.6) is 0 Å². The lowest BCUT2D eigenvalue weighted by Gasteiger charge is -2.23. The molecule has 0 unspecified atom stereocenters. The van der Waals surface area contributed by atoms with Gasteiger partial charge in [0.15, 0.2) is 0 Å². The van der Waals surface area contributed by atoms with Crippen molar-refractivity contribution in [3.8, 4) is 0 Å². The molecule has 0 bridgehead atoms.